The number of ether oxygens (including phenoxy) is 1. The van der Waals surface area contributed by atoms with Gasteiger partial charge in [-0.25, -0.2) is 4.79 Å². The minimum absolute atomic E-state index is 0.0339. The first-order valence-electron chi connectivity index (χ1n) is 8.35. The maximum atomic E-state index is 12.9. The summed E-state index contributed by atoms with van der Waals surface area (Å²) in [6, 6.07) is 10.9. The fourth-order valence-electron chi connectivity index (χ4n) is 2.49. The molecule has 0 bridgehead atoms. The molecule has 5 nitrogen and oxygen atoms in total. The Balaban J connectivity index is 1.68. The van der Waals surface area contributed by atoms with Crippen LogP contribution in [-0.4, -0.2) is 11.0 Å². The first kappa shape index (κ1) is 20.5. The average molecular weight is 422 g/mol. The molecule has 3 aromatic rings. The van der Waals surface area contributed by atoms with Crippen LogP contribution in [0.5, 0.6) is 11.5 Å². The molecule has 1 aromatic heterocycles. The van der Waals surface area contributed by atoms with Crippen LogP contribution in [0.25, 0.3) is 0 Å². The summed E-state index contributed by atoms with van der Waals surface area (Å²) < 4.78 is 44.5. The van der Waals surface area contributed by atoms with Gasteiger partial charge in [0.1, 0.15) is 11.5 Å². The molecule has 0 spiro atoms. The largest absolute Gasteiger partial charge is 0.456 e. The van der Waals surface area contributed by atoms with Crippen molar-refractivity contribution in [3.63, 3.8) is 0 Å². The van der Waals surface area contributed by atoms with Crippen molar-refractivity contribution in [1.29, 1.82) is 0 Å². The number of urea groups is 1. The third-order valence-electron chi connectivity index (χ3n) is 3.85. The van der Waals surface area contributed by atoms with Crippen LogP contribution >= 0.6 is 11.6 Å². The van der Waals surface area contributed by atoms with E-state index in [1.54, 1.807) is 49.6 Å². The lowest BCUT2D eigenvalue weighted by Gasteiger charge is -2.14. The van der Waals surface area contributed by atoms with Crippen molar-refractivity contribution >= 4 is 29.0 Å². The lowest BCUT2D eigenvalue weighted by atomic mass is 10.2. The molecule has 150 valence electrons. The van der Waals surface area contributed by atoms with Gasteiger partial charge in [0, 0.05) is 17.6 Å². The number of nitrogens with zero attached hydrogens (tertiary/aromatic N) is 1. The number of carbonyl (C=O) groups excluding carboxylic acids is 1. The number of alkyl halides is 3. The molecule has 0 aliphatic rings. The number of carbonyl (C=O) groups is 1. The minimum Gasteiger partial charge on any atom is -0.456 e. The van der Waals surface area contributed by atoms with E-state index in [2.05, 4.69) is 15.6 Å². The van der Waals surface area contributed by atoms with Crippen molar-refractivity contribution < 1.29 is 22.7 Å². The molecule has 1 heterocycles. The molecule has 2 N–H and O–H groups in total. The molecule has 0 fully saturated rings. The molecule has 9 heteroatoms. The number of rotatable bonds is 4. The Labute approximate surface area is 169 Å². The summed E-state index contributed by atoms with van der Waals surface area (Å²) in [6.07, 6.45) is -1.43. The number of nitrogens with one attached hydrogen (secondary N) is 2. The number of hydrogen-bond donors (Lipinski definition) is 2. The molecule has 2 amide bonds. The molecule has 2 aromatic carbocycles. The minimum atomic E-state index is -4.62. The molecule has 3 rings (SSSR count). The van der Waals surface area contributed by atoms with E-state index in [9.17, 15) is 18.0 Å². The molecule has 29 heavy (non-hydrogen) atoms. The molecular formula is C20H15ClF3N3O2. The second kappa shape index (κ2) is 8.40. The van der Waals surface area contributed by atoms with Gasteiger partial charge in [0.25, 0.3) is 0 Å². The Morgan fingerprint density at radius 3 is 2.52 bits per heavy atom. The first-order chi connectivity index (χ1) is 13.7. The third kappa shape index (κ3) is 5.39. The summed E-state index contributed by atoms with van der Waals surface area (Å²) in [5.41, 5.74) is 0.123. The zero-order valence-electron chi connectivity index (χ0n) is 15.0. The van der Waals surface area contributed by atoms with Gasteiger partial charge in [0.05, 0.1) is 16.8 Å². The van der Waals surface area contributed by atoms with Crippen molar-refractivity contribution in [2.75, 3.05) is 10.6 Å². The number of halogens is 4. The van der Waals surface area contributed by atoms with Crippen LogP contribution < -0.4 is 15.4 Å². The summed E-state index contributed by atoms with van der Waals surface area (Å²) in [4.78, 5) is 16.1. The lowest BCUT2D eigenvalue weighted by Crippen LogP contribution is -2.20. The van der Waals surface area contributed by atoms with Gasteiger partial charge in [-0.3, -0.25) is 4.98 Å². The van der Waals surface area contributed by atoms with Crippen molar-refractivity contribution in [2.24, 2.45) is 0 Å². The van der Waals surface area contributed by atoms with Gasteiger partial charge in [-0.05, 0) is 61.0 Å². The number of aryl methyl sites for hydroxylation is 1. The summed E-state index contributed by atoms with van der Waals surface area (Å²) >= 11 is 5.58. The molecule has 0 saturated heterocycles. The summed E-state index contributed by atoms with van der Waals surface area (Å²) in [5.74, 6) is 1.11. The van der Waals surface area contributed by atoms with Gasteiger partial charge in [-0.1, -0.05) is 11.6 Å². The summed E-state index contributed by atoms with van der Waals surface area (Å²) in [7, 11) is 0. The normalized spacial score (nSPS) is 11.1. The van der Waals surface area contributed by atoms with Crippen LogP contribution in [0, 0.1) is 6.92 Å². The highest BCUT2D eigenvalue weighted by atomic mass is 35.5. The van der Waals surface area contributed by atoms with Gasteiger partial charge >= 0.3 is 12.2 Å². The quantitative estimate of drug-likeness (QED) is 0.505. The standard InChI is InChI=1S/C20H15ClF3N3O2/c1-12-9-14(29-15-3-2-8-25-11-15)5-7-18(12)27-19(28)26-13-4-6-17(21)16(10-13)20(22,23)24/h2-11H,1H3,(H2,26,27,28). The number of anilines is 2. The maximum Gasteiger partial charge on any atom is 0.417 e. The van der Waals surface area contributed by atoms with E-state index in [4.69, 9.17) is 16.3 Å². The summed E-state index contributed by atoms with van der Waals surface area (Å²) in [5, 5.41) is 4.51. The van der Waals surface area contributed by atoms with E-state index in [1.807, 2.05) is 0 Å². The Kier molecular flexibility index (Phi) is 5.93. The van der Waals surface area contributed by atoms with Crippen LogP contribution in [-0.2, 0) is 6.18 Å². The molecule has 0 unspecified atom stereocenters. The van der Waals surface area contributed by atoms with E-state index in [-0.39, 0.29) is 5.69 Å². The van der Waals surface area contributed by atoms with Crippen molar-refractivity contribution in [3.8, 4) is 11.5 Å². The van der Waals surface area contributed by atoms with E-state index in [0.29, 0.717) is 22.7 Å². The Morgan fingerprint density at radius 2 is 1.86 bits per heavy atom. The molecule has 0 atom stereocenters. The van der Waals surface area contributed by atoms with Crippen LogP contribution in [0.1, 0.15) is 11.1 Å². The highest BCUT2D eigenvalue weighted by Crippen LogP contribution is 2.36. The SMILES string of the molecule is Cc1cc(Oc2cccnc2)ccc1NC(=O)Nc1ccc(Cl)c(C(F)(F)F)c1. The number of hydrogen-bond acceptors (Lipinski definition) is 3. The highest BCUT2D eigenvalue weighted by Gasteiger charge is 2.33. The molecule has 0 radical (unpaired) electrons. The zero-order valence-corrected chi connectivity index (χ0v) is 15.8. The number of benzene rings is 2. The predicted octanol–water partition coefficient (Wildman–Crippen LogP) is 6.50. The topological polar surface area (TPSA) is 63.2 Å². The van der Waals surface area contributed by atoms with Crippen molar-refractivity contribution in [2.45, 2.75) is 13.1 Å². The average Bonchev–Trinajstić information content (AvgIpc) is 2.65. The number of aromatic nitrogens is 1. The van der Waals surface area contributed by atoms with Crippen LogP contribution in [0.15, 0.2) is 60.9 Å². The van der Waals surface area contributed by atoms with E-state index >= 15 is 0 Å². The van der Waals surface area contributed by atoms with Gasteiger partial charge in [0.2, 0.25) is 0 Å². The smallest absolute Gasteiger partial charge is 0.417 e. The lowest BCUT2D eigenvalue weighted by molar-refractivity contribution is -0.137. The zero-order chi connectivity index (χ0) is 21.0. The Morgan fingerprint density at radius 1 is 1.07 bits per heavy atom. The van der Waals surface area contributed by atoms with Crippen molar-refractivity contribution in [3.05, 3.63) is 77.1 Å². The number of amides is 2. The van der Waals surface area contributed by atoms with E-state index in [0.717, 1.165) is 12.1 Å². The van der Waals surface area contributed by atoms with Gasteiger partial charge in [-0.15, -0.1) is 0 Å². The molecule has 0 saturated carbocycles. The predicted molar refractivity (Wildman–Crippen MR) is 105 cm³/mol. The Hall–Kier alpha value is -3.26. The third-order valence-corrected chi connectivity index (χ3v) is 4.18. The monoisotopic (exact) mass is 421 g/mol. The number of pyridine rings is 1. The second-order valence-corrected chi connectivity index (χ2v) is 6.45. The van der Waals surface area contributed by atoms with E-state index in [1.165, 1.54) is 6.07 Å². The first-order valence-corrected chi connectivity index (χ1v) is 8.73. The van der Waals surface area contributed by atoms with E-state index < -0.39 is 22.8 Å². The van der Waals surface area contributed by atoms with Crippen LogP contribution in [0.2, 0.25) is 5.02 Å². The molecule has 0 aliphatic heterocycles. The molecule has 0 aliphatic carbocycles. The maximum absolute atomic E-state index is 12.9. The fourth-order valence-corrected chi connectivity index (χ4v) is 2.71. The summed E-state index contributed by atoms with van der Waals surface area (Å²) in [6.45, 7) is 1.76. The Bertz CT molecular complexity index is 1030. The van der Waals surface area contributed by atoms with Gasteiger partial charge in [0.15, 0.2) is 0 Å². The fraction of sp³-hybridized carbons (Fsp3) is 0.100. The van der Waals surface area contributed by atoms with Gasteiger partial charge in [-0.2, -0.15) is 13.2 Å². The van der Waals surface area contributed by atoms with Crippen LogP contribution in [0.3, 0.4) is 0 Å². The van der Waals surface area contributed by atoms with Crippen LogP contribution in [0.4, 0.5) is 29.3 Å². The van der Waals surface area contributed by atoms with Gasteiger partial charge < -0.3 is 15.4 Å². The molecular weight excluding hydrogens is 407 g/mol. The van der Waals surface area contributed by atoms with Crippen molar-refractivity contribution in [1.82, 2.24) is 4.98 Å². The second-order valence-electron chi connectivity index (χ2n) is 6.04. The highest BCUT2D eigenvalue weighted by molar-refractivity contribution is 6.31.